The zero-order valence-electron chi connectivity index (χ0n) is 10.2. The minimum atomic E-state index is 0.753. The SMILES string of the molecule is C=CC1CCC(/C=C/SCc2ccccc2)C1. The first-order valence-electron chi connectivity index (χ1n) is 6.33. The Kier molecular flexibility index (Phi) is 4.93. The summed E-state index contributed by atoms with van der Waals surface area (Å²) in [6.07, 6.45) is 8.45. The summed E-state index contributed by atoms with van der Waals surface area (Å²) >= 11 is 1.90. The highest BCUT2D eigenvalue weighted by Crippen LogP contribution is 2.32. The first-order chi connectivity index (χ1) is 8.38. The molecule has 1 heteroatoms. The average Bonchev–Trinajstić information content (AvgIpc) is 2.84. The van der Waals surface area contributed by atoms with Crippen molar-refractivity contribution in [2.75, 3.05) is 0 Å². The summed E-state index contributed by atoms with van der Waals surface area (Å²) in [6, 6.07) is 10.6. The Morgan fingerprint density at radius 1 is 1.18 bits per heavy atom. The van der Waals surface area contributed by atoms with Crippen LogP contribution in [0.4, 0.5) is 0 Å². The number of rotatable bonds is 5. The van der Waals surface area contributed by atoms with Crippen LogP contribution in [0.25, 0.3) is 0 Å². The molecule has 17 heavy (non-hydrogen) atoms. The van der Waals surface area contributed by atoms with Gasteiger partial charge in [0, 0.05) is 5.75 Å². The summed E-state index contributed by atoms with van der Waals surface area (Å²) in [5.74, 6) is 2.61. The highest BCUT2D eigenvalue weighted by atomic mass is 32.2. The van der Waals surface area contributed by atoms with Gasteiger partial charge < -0.3 is 0 Å². The highest BCUT2D eigenvalue weighted by Gasteiger charge is 2.19. The summed E-state index contributed by atoms with van der Waals surface area (Å²) in [4.78, 5) is 0. The molecule has 1 aliphatic carbocycles. The van der Waals surface area contributed by atoms with E-state index in [-0.39, 0.29) is 0 Å². The molecule has 0 amide bonds. The van der Waals surface area contributed by atoms with Crippen molar-refractivity contribution in [2.45, 2.75) is 25.0 Å². The molecule has 1 saturated carbocycles. The number of benzene rings is 1. The van der Waals surface area contributed by atoms with Crippen molar-refractivity contribution in [1.82, 2.24) is 0 Å². The van der Waals surface area contributed by atoms with Crippen molar-refractivity contribution in [3.8, 4) is 0 Å². The molecule has 2 unspecified atom stereocenters. The van der Waals surface area contributed by atoms with E-state index in [1.54, 1.807) is 0 Å². The van der Waals surface area contributed by atoms with Crippen LogP contribution < -0.4 is 0 Å². The Labute approximate surface area is 109 Å². The minimum absolute atomic E-state index is 0.753. The maximum absolute atomic E-state index is 3.88. The van der Waals surface area contributed by atoms with Gasteiger partial charge >= 0.3 is 0 Å². The third-order valence-corrected chi connectivity index (χ3v) is 4.24. The van der Waals surface area contributed by atoms with Crippen LogP contribution in [0, 0.1) is 11.8 Å². The van der Waals surface area contributed by atoms with Crippen molar-refractivity contribution >= 4 is 11.8 Å². The molecule has 0 aliphatic heterocycles. The molecule has 1 fully saturated rings. The molecule has 1 aliphatic rings. The molecule has 0 N–H and O–H groups in total. The zero-order valence-corrected chi connectivity index (χ0v) is 11.0. The molecular weight excluding hydrogens is 224 g/mol. The van der Waals surface area contributed by atoms with Gasteiger partial charge in [-0.25, -0.2) is 0 Å². The average molecular weight is 244 g/mol. The van der Waals surface area contributed by atoms with Crippen molar-refractivity contribution in [1.29, 1.82) is 0 Å². The van der Waals surface area contributed by atoms with Gasteiger partial charge in [-0.15, -0.1) is 18.3 Å². The van der Waals surface area contributed by atoms with Crippen LogP contribution in [0.5, 0.6) is 0 Å². The van der Waals surface area contributed by atoms with Gasteiger partial charge in [0.15, 0.2) is 0 Å². The molecule has 0 bridgehead atoms. The topological polar surface area (TPSA) is 0 Å². The van der Waals surface area contributed by atoms with Crippen LogP contribution in [0.3, 0.4) is 0 Å². The van der Waals surface area contributed by atoms with E-state index in [1.807, 2.05) is 11.8 Å². The Morgan fingerprint density at radius 3 is 2.65 bits per heavy atom. The molecule has 90 valence electrons. The monoisotopic (exact) mass is 244 g/mol. The molecule has 2 atom stereocenters. The summed E-state index contributed by atoms with van der Waals surface area (Å²) in [5, 5.41) is 2.28. The van der Waals surface area contributed by atoms with E-state index >= 15 is 0 Å². The number of thioether (sulfide) groups is 1. The Morgan fingerprint density at radius 2 is 1.94 bits per heavy atom. The van der Waals surface area contributed by atoms with Crippen molar-refractivity contribution in [3.63, 3.8) is 0 Å². The lowest BCUT2D eigenvalue weighted by molar-refractivity contribution is 0.640. The summed E-state index contributed by atoms with van der Waals surface area (Å²) in [7, 11) is 0. The number of hydrogen-bond donors (Lipinski definition) is 0. The van der Waals surface area contributed by atoms with Crippen LogP contribution in [0.15, 0.2) is 54.5 Å². The first kappa shape index (κ1) is 12.5. The maximum Gasteiger partial charge on any atom is 0.0225 e. The Hall–Kier alpha value is -0.950. The number of hydrogen-bond acceptors (Lipinski definition) is 1. The highest BCUT2D eigenvalue weighted by molar-refractivity contribution is 8.01. The van der Waals surface area contributed by atoms with Gasteiger partial charge in [0.25, 0.3) is 0 Å². The molecule has 0 radical (unpaired) electrons. The van der Waals surface area contributed by atoms with E-state index in [9.17, 15) is 0 Å². The van der Waals surface area contributed by atoms with Gasteiger partial charge in [0.05, 0.1) is 0 Å². The van der Waals surface area contributed by atoms with Gasteiger partial charge in [0.1, 0.15) is 0 Å². The third-order valence-electron chi connectivity index (χ3n) is 3.39. The standard InChI is InChI=1S/C16H20S/c1-2-14-8-9-15(12-14)10-11-17-13-16-6-4-3-5-7-16/h2-7,10-11,14-15H,1,8-9,12-13H2/b11-10+. The predicted octanol–water partition coefficient (Wildman–Crippen LogP) is 5.04. The predicted molar refractivity (Wildman–Crippen MR) is 77.9 cm³/mol. The van der Waals surface area contributed by atoms with Gasteiger partial charge in [-0.1, -0.05) is 42.5 Å². The number of allylic oxidation sites excluding steroid dienone is 2. The smallest absolute Gasteiger partial charge is 0.0225 e. The van der Waals surface area contributed by atoms with Gasteiger partial charge in [-0.3, -0.25) is 0 Å². The fraction of sp³-hybridized carbons (Fsp3) is 0.375. The van der Waals surface area contributed by atoms with E-state index in [1.165, 1.54) is 24.8 Å². The maximum atomic E-state index is 3.88. The van der Waals surface area contributed by atoms with Gasteiger partial charge in [-0.05, 0) is 42.1 Å². The molecule has 1 aromatic rings. The molecular formula is C16H20S. The van der Waals surface area contributed by atoms with E-state index < -0.39 is 0 Å². The van der Waals surface area contributed by atoms with E-state index in [4.69, 9.17) is 0 Å². The molecule has 1 aromatic carbocycles. The lowest BCUT2D eigenvalue weighted by Gasteiger charge is -2.02. The largest absolute Gasteiger partial charge is 0.130 e. The Bertz CT molecular complexity index is 366. The molecule has 0 spiro atoms. The lowest BCUT2D eigenvalue weighted by atomic mass is 10.1. The summed E-state index contributed by atoms with van der Waals surface area (Å²) in [5.41, 5.74) is 1.40. The lowest BCUT2D eigenvalue weighted by Crippen LogP contribution is -1.89. The first-order valence-corrected chi connectivity index (χ1v) is 7.38. The van der Waals surface area contributed by atoms with Gasteiger partial charge in [-0.2, -0.15) is 0 Å². The van der Waals surface area contributed by atoms with E-state index in [2.05, 4.69) is 54.5 Å². The normalized spacial score (nSPS) is 24.2. The molecule has 0 saturated heterocycles. The minimum Gasteiger partial charge on any atom is -0.130 e. The molecule has 0 nitrogen and oxygen atoms in total. The van der Waals surface area contributed by atoms with E-state index in [0.717, 1.165) is 17.6 Å². The summed E-state index contributed by atoms with van der Waals surface area (Å²) < 4.78 is 0. The molecule has 2 rings (SSSR count). The van der Waals surface area contributed by atoms with Crippen molar-refractivity contribution in [2.24, 2.45) is 11.8 Å². The zero-order chi connectivity index (χ0) is 11.9. The second kappa shape index (κ2) is 6.70. The quantitative estimate of drug-likeness (QED) is 0.654. The van der Waals surface area contributed by atoms with Crippen LogP contribution in [-0.4, -0.2) is 0 Å². The Balaban J connectivity index is 1.70. The van der Waals surface area contributed by atoms with Crippen molar-refractivity contribution in [3.05, 3.63) is 60.0 Å². The third kappa shape index (κ3) is 4.08. The molecule has 0 aromatic heterocycles. The van der Waals surface area contributed by atoms with Crippen LogP contribution in [0.1, 0.15) is 24.8 Å². The van der Waals surface area contributed by atoms with Gasteiger partial charge in [0.2, 0.25) is 0 Å². The van der Waals surface area contributed by atoms with Crippen LogP contribution >= 0.6 is 11.8 Å². The van der Waals surface area contributed by atoms with Crippen molar-refractivity contribution < 1.29 is 0 Å². The fourth-order valence-electron chi connectivity index (χ4n) is 2.33. The second-order valence-corrected chi connectivity index (χ2v) is 5.59. The van der Waals surface area contributed by atoms with E-state index in [0.29, 0.717) is 0 Å². The second-order valence-electron chi connectivity index (χ2n) is 4.69. The van der Waals surface area contributed by atoms with Crippen LogP contribution in [0.2, 0.25) is 0 Å². The summed E-state index contributed by atoms with van der Waals surface area (Å²) in [6.45, 7) is 3.88. The molecule has 0 heterocycles. The van der Waals surface area contributed by atoms with Crippen LogP contribution in [-0.2, 0) is 5.75 Å². The fourth-order valence-corrected chi connectivity index (χ4v) is 3.14.